The molecule has 0 aromatic carbocycles. The van der Waals surface area contributed by atoms with Gasteiger partial charge in [-0.1, -0.05) is 6.92 Å². The van der Waals surface area contributed by atoms with Gasteiger partial charge in [-0.3, -0.25) is 0 Å². The average molecular weight is 265 g/mol. The van der Waals surface area contributed by atoms with Gasteiger partial charge in [0.25, 0.3) is 0 Å². The molecule has 1 atom stereocenters. The van der Waals surface area contributed by atoms with Gasteiger partial charge in [-0.25, -0.2) is 8.42 Å². The predicted molar refractivity (Wildman–Crippen MR) is 71.8 cm³/mol. The van der Waals surface area contributed by atoms with Crippen molar-refractivity contribution >= 4 is 21.6 Å². The summed E-state index contributed by atoms with van der Waals surface area (Å²) in [4.78, 5) is 0. The molecule has 1 fully saturated rings. The molecule has 16 heavy (non-hydrogen) atoms. The average Bonchev–Trinajstić information content (AvgIpc) is 2.98. The molecule has 1 aliphatic rings. The number of thioether (sulfide) groups is 1. The summed E-state index contributed by atoms with van der Waals surface area (Å²) in [6.45, 7) is 3.25. The van der Waals surface area contributed by atoms with E-state index in [2.05, 4.69) is 12.2 Å². The summed E-state index contributed by atoms with van der Waals surface area (Å²) in [5.74, 6) is 2.94. The Morgan fingerprint density at radius 1 is 1.44 bits per heavy atom. The van der Waals surface area contributed by atoms with Crippen LogP contribution in [0.4, 0.5) is 0 Å². The Morgan fingerprint density at radius 3 is 2.62 bits per heavy atom. The molecule has 3 nitrogen and oxygen atoms in total. The smallest absolute Gasteiger partial charge is 0.148 e. The van der Waals surface area contributed by atoms with Crippen molar-refractivity contribution in [3.63, 3.8) is 0 Å². The monoisotopic (exact) mass is 265 g/mol. The minimum absolute atomic E-state index is 0.308. The third-order valence-electron chi connectivity index (χ3n) is 2.74. The number of hydrogen-bond donors (Lipinski definition) is 1. The largest absolute Gasteiger partial charge is 0.313 e. The molecule has 1 rings (SSSR count). The van der Waals surface area contributed by atoms with Gasteiger partial charge in [-0.15, -0.1) is 0 Å². The fourth-order valence-electron chi connectivity index (χ4n) is 1.61. The Morgan fingerprint density at radius 2 is 2.12 bits per heavy atom. The zero-order valence-electron chi connectivity index (χ0n) is 10.2. The van der Waals surface area contributed by atoms with Crippen LogP contribution in [0, 0.1) is 5.92 Å². The van der Waals surface area contributed by atoms with Crippen molar-refractivity contribution in [3.05, 3.63) is 0 Å². The summed E-state index contributed by atoms with van der Waals surface area (Å²) >= 11 is 1.77. The van der Waals surface area contributed by atoms with Crippen LogP contribution in [-0.2, 0) is 9.84 Å². The zero-order valence-corrected chi connectivity index (χ0v) is 11.9. The number of sulfone groups is 1. The Kier molecular flexibility index (Phi) is 6.15. The van der Waals surface area contributed by atoms with Crippen LogP contribution in [0.3, 0.4) is 0 Å². The number of nitrogens with one attached hydrogen (secondary N) is 1. The summed E-state index contributed by atoms with van der Waals surface area (Å²) in [5.41, 5.74) is 0. The summed E-state index contributed by atoms with van der Waals surface area (Å²) in [6, 6.07) is 0.601. The molecule has 0 aliphatic heterocycles. The summed E-state index contributed by atoms with van der Waals surface area (Å²) in [6.07, 6.45) is 5.15. The lowest BCUT2D eigenvalue weighted by Gasteiger charge is -2.17. The van der Waals surface area contributed by atoms with E-state index in [1.165, 1.54) is 19.1 Å². The van der Waals surface area contributed by atoms with E-state index in [1.807, 2.05) is 0 Å². The van der Waals surface area contributed by atoms with Crippen molar-refractivity contribution in [2.45, 2.75) is 32.2 Å². The van der Waals surface area contributed by atoms with E-state index in [-0.39, 0.29) is 0 Å². The van der Waals surface area contributed by atoms with Crippen LogP contribution in [0.5, 0.6) is 0 Å². The summed E-state index contributed by atoms with van der Waals surface area (Å²) in [7, 11) is -2.78. The highest BCUT2D eigenvalue weighted by atomic mass is 32.2. The molecule has 0 spiro atoms. The molecule has 1 saturated carbocycles. The first kappa shape index (κ1) is 14.3. The molecule has 0 aromatic rings. The van der Waals surface area contributed by atoms with E-state index in [9.17, 15) is 8.42 Å². The molecular formula is C11H23NO2S2. The molecule has 1 aliphatic carbocycles. The fraction of sp³-hybridized carbons (Fsp3) is 1.00. The van der Waals surface area contributed by atoms with Crippen LogP contribution in [0.15, 0.2) is 0 Å². The van der Waals surface area contributed by atoms with Gasteiger partial charge in [0.2, 0.25) is 0 Å². The van der Waals surface area contributed by atoms with E-state index in [4.69, 9.17) is 0 Å². The van der Waals surface area contributed by atoms with Gasteiger partial charge in [0.1, 0.15) is 9.84 Å². The second-order valence-corrected chi connectivity index (χ2v) is 8.01. The van der Waals surface area contributed by atoms with Gasteiger partial charge in [-0.2, -0.15) is 11.8 Å². The fourth-order valence-corrected chi connectivity index (χ4v) is 4.10. The SMILES string of the molecule is CCCNC(CSCCS(C)(=O)=O)C1CC1. The van der Waals surface area contributed by atoms with Gasteiger partial charge >= 0.3 is 0 Å². The standard InChI is InChI=1S/C11H23NO2S2/c1-3-6-12-11(10-4-5-10)9-15-7-8-16(2,13)14/h10-12H,3-9H2,1-2H3. The van der Waals surface area contributed by atoms with Crippen LogP contribution in [0.1, 0.15) is 26.2 Å². The highest BCUT2D eigenvalue weighted by molar-refractivity contribution is 8.00. The van der Waals surface area contributed by atoms with Gasteiger partial charge in [0.05, 0.1) is 5.75 Å². The lowest BCUT2D eigenvalue weighted by atomic mass is 10.2. The molecule has 96 valence electrons. The maximum absolute atomic E-state index is 11.0. The summed E-state index contributed by atoms with van der Waals surface area (Å²) < 4.78 is 21.9. The van der Waals surface area contributed by atoms with Gasteiger partial charge in [-0.05, 0) is 31.7 Å². The van der Waals surface area contributed by atoms with Crippen LogP contribution < -0.4 is 5.32 Å². The molecule has 0 saturated heterocycles. The first-order valence-electron chi connectivity index (χ1n) is 6.02. The first-order chi connectivity index (χ1) is 7.53. The van der Waals surface area contributed by atoms with Gasteiger partial charge < -0.3 is 5.32 Å². The molecule has 1 unspecified atom stereocenters. The van der Waals surface area contributed by atoms with Crippen LogP contribution in [0.25, 0.3) is 0 Å². The van der Waals surface area contributed by atoms with E-state index < -0.39 is 9.84 Å². The van der Waals surface area contributed by atoms with Crippen LogP contribution in [0.2, 0.25) is 0 Å². The molecule has 0 heterocycles. The quantitative estimate of drug-likeness (QED) is 0.642. The minimum atomic E-state index is -2.78. The molecular weight excluding hydrogens is 242 g/mol. The van der Waals surface area contributed by atoms with Crippen molar-refractivity contribution in [3.8, 4) is 0 Å². The Labute approximate surface area is 104 Å². The third kappa shape index (κ3) is 6.76. The third-order valence-corrected chi connectivity index (χ3v) is 5.04. The number of hydrogen-bond acceptors (Lipinski definition) is 4. The topological polar surface area (TPSA) is 46.2 Å². The second kappa shape index (κ2) is 6.87. The molecule has 5 heteroatoms. The lowest BCUT2D eigenvalue weighted by Crippen LogP contribution is -2.34. The first-order valence-corrected chi connectivity index (χ1v) is 9.23. The van der Waals surface area contributed by atoms with E-state index in [0.29, 0.717) is 11.8 Å². The molecule has 0 amide bonds. The van der Waals surface area contributed by atoms with Crippen LogP contribution >= 0.6 is 11.8 Å². The maximum atomic E-state index is 11.0. The van der Waals surface area contributed by atoms with Gasteiger partial charge in [0, 0.05) is 23.8 Å². The Bertz CT molecular complexity index is 286. The predicted octanol–water partition coefficient (Wildman–Crippen LogP) is 1.54. The van der Waals surface area contributed by atoms with Crippen molar-refractivity contribution < 1.29 is 8.42 Å². The lowest BCUT2D eigenvalue weighted by molar-refractivity contribution is 0.503. The molecule has 1 N–H and O–H groups in total. The Balaban J connectivity index is 2.12. The highest BCUT2D eigenvalue weighted by Gasteiger charge is 2.30. The van der Waals surface area contributed by atoms with Crippen molar-refractivity contribution in [2.24, 2.45) is 5.92 Å². The zero-order chi connectivity index (χ0) is 12.0. The van der Waals surface area contributed by atoms with E-state index in [1.54, 1.807) is 11.8 Å². The Hall–Kier alpha value is 0.260. The summed E-state index contributed by atoms with van der Waals surface area (Å²) in [5, 5.41) is 3.56. The van der Waals surface area contributed by atoms with Crippen LogP contribution in [-0.4, -0.2) is 44.5 Å². The van der Waals surface area contributed by atoms with E-state index >= 15 is 0 Å². The molecule has 0 radical (unpaired) electrons. The number of rotatable bonds is 9. The van der Waals surface area contributed by atoms with Crippen molar-refractivity contribution in [2.75, 3.05) is 30.1 Å². The maximum Gasteiger partial charge on any atom is 0.148 e. The normalized spacial score (nSPS) is 18.6. The van der Waals surface area contributed by atoms with E-state index in [0.717, 1.165) is 30.4 Å². The van der Waals surface area contributed by atoms with Crippen molar-refractivity contribution in [1.82, 2.24) is 5.32 Å². The van der Waals surface area contributed by atoms with Gasteiger partial charge in [0.15, 0.2) is 0 Å². The minimum Gasteiger partial charge on any atom is -0.313 e. The molecule has 0 aromatic heterocycles. The highest BCUT2D eigenvalue weighted by Crippen LogP contribution is 2.34. The molecule has 0 bridgehead atoms. The second-order valence-electron chi connectivity index (χ2n) is 4.60. The van der Waals surface area contributed by atoms with Crippen molar-refractivity contribution in [1.29, 1.82) is 0 Å².